The van der Waals surface area contributed by atoms with Crippen LogP contribution in [0.4, 0.5) is 0 Å². The average molecular weight is 347 g/mol. The Morgan fingerprint density at radius 1 is 1.16 bits per heavy atom. The molecule has 0 aliphatic carbocycles. The van der Waals surface area contributed by atoms with Crippen molar-refractivity contribution in [2.45, 2.75) is 79.2 Å². The lowest BCUT2D eigenvalue weighted by atomic mass is 9.92. The van der Waals surface area contributed by atoms with Crippen LogP contribution in [0, 0.1) is 5.92 Å². The predicted octanol–water partition coefficient (Wildman–Crippen LogP) is 6.21. The largest absolute Gasteiger partial charge is 0.493 e. The Balaban J connectivity index is 2.56. The molecule has 1 N–H and O–H groups in total. The van der Waals surface area contributed by atoms with Crippen LogP contribution in [0.2, 0.25) is 0 Å². The van der Waals surface area contributed by atoms with Crippen molar-refractivity contribution < 1.29 is 14.3 Å². The Morgan fingerprint density at radius 3 is 2.52 bits per heavy atom. The third-order valence-corrected chi connectivity index (χ3v) is 4.80. The second-order valence-corrected chi connectivity index (χ2v) is 7.56. The number of fused-ring (bicyclic) bond motifs is 1. The van der Waals surface area contributed by atoms with Crippen LogP contribution in [0.25, 0.3) is 11.0 Å². The van der Waals surface area contributed by atoms with Gasteiger partial charge >= 0.3 is 0 Å². The highest BCUT2D eigenvalue weighted by atomic mass is 16.5. The average Bonchev–Trinajstić information content (AvgIpc) is 2.98. The molecule has 1 aromatic carbocycles. The van der Waals surface area contributed by atoms with E-state index in [-0.39, 0.29) is 6.61 Å². The Labute approximate surface area is 152 Å². The molecule has 0 saturated heterocycles. The van der Waals surface area contributed by atoms with Gasteiger partial charge in [-0.05, 0) is 42.7 Å². The molecule has 2 rings (SSSR count). The molecule has 0 aliphatic rings. The summed E-state index contributed by atoms with van der Waals surface area (Å²) in [6, 6.07) is 2.24. The number of benzene rings is 1. The monoisotopic (exact) mass is 346 g/mol. The summed E-state index contributed by atoms with van der Waals surface area (Å²) in [5, 5.41) is 11.2. The van der Waals surface area contributed by atoms with E-state index in [2.05, 4.69) is 40.7 Å². The first-order valence-electron chi connectivity index (χ1n) is 9.82. The first-order chi connectivity index (χ1) is 12.0. The van der Waals surface area contributed by atoms with Crippen LogP contribution in [0.3, 0.4) is 0 Å². The van der Waals surface area contributed by atoms with E-state index in [0.29, 0.717) is 18.4 Å². The van der Waals surface area contributed by atoms with Crippen LogP contribution in [-0.2, 0) is 13.0 Å². The molecule has 0 fully saturated rings. The molecule has 140 valence electrons. The van der Waals surface area contributed by atoms with Crippen LogP contribution in [0.15, 0.2) is 16.7 Å². The molecule has 3 nitrogen and oxygen atoms in total. The number of unbranched alkanes of at least 4 members (excludes halogenated alkanes) is 1. The minimum absolute atomic E-state index is 0.0565. The van der Waals surface area contributed by atoms with Crippen molar-refractivity contribution >= 4 is 11.0 Å². The summed E-state index contributed by atoms with van der Waals surface area (Å²) in [5.74, 6) is 1.82. The number of aliphatic hydroxyl groups is 1. The molecule has 3 heteroatoms. The van der Waals surface area contributed by atoms with Gasteiger partial charge in [-0.2, -0.15) is 0 Å². The maximum absolute atomic E-state index is 10.0. The lowest BCUT2D eigenvalue weighted by Gasteiger charge is -2.18. The molecule has 1 heterocycles. The normalized spacial score (nSPS) is 12.9. The Kier molecular flexibility index (Phi) is 7.37. The fraction of sp³-hybridized carbons (Fsp3) is 0.636. The number of ether oxygens (including phenoxy) is 1. The van der Waals surface area contributed by atoms with E-state index in [4.69, 9.17) is 9.15 Å². The lowest BCUT2D eigenvalue weighted by Crippen LogP contribution is -2.06. The van der Waals surface area contributed by atoms with E-state index < -0.39 is 0 Å². The first-order valence-corrected chi connectivity index (χ1v) is 9.82. The van der Waals surface area contributed by atoms with Gasteiger partial charge in [-0.25, -0.2) is 0 Å². The molecule has 1 atom stereocenters. The predicted molar refractivity (Wildman–Crippen MR) is 104 cm³/mol. The lowest BCUT2D eigenvalue weighted by molar-refractivity contribution is 0.259. The molecule has 1 aromatic heterocycles. The van der Waals surface area contributed by atoms with E-state index in [1.54, 1.807) is 0 Å². The molecule has 0 aliphatic heterocycles. The molecule has 0 saturated carbocycles. The highest BCUT2D eigenvalue weighted by Crippen LogP contribution is 2.39. The van der Waals surface area contributed by atoms with Crippen molar-refractivity contribution in [2.75, 3.05) is 6.61 Å². The van der Waals surface area contributed by atoms with Gasteiger partial charge in [0.25, 0.3) is 0 Å². The summed E-state index contributed by atoms with van der Waals surface area (Å²) >= 11 is 0. The SMILES string of the molecule is CCCCOc1c(CC(C)C)cc2c(C(C)CCC)coc2c1CO. The van der Waals surface area contributed by atoms with Crippen LogP contribution >= 0.6 is 0 Å². The van der Waals surface area contributed by atoms with Gasteiger partial charge in [0.15, 0.2) is 0 Å². The Morgan fingerprint density at radius 2 is 1.92 bits per heavy atom. The topological polar surface area (TPSA) is 42.6 Å². The van der Waals surface area contributed by atoms with E-state index in [1.807, 2.05) is 6.26 Å². The zero-order chi connectivity index (χ0) is 18.4. The van der Waals surface area contributed by atoms with Crippen LogP contribution in [0.1, 0.15) is 82.9 Å². The molecular weight excluding hydrogens is 312 g/mol. The zero-order valence-electron chi connectivity index (χ0n) is 16.5. The summed E-state index contributed by atoms with van der Waals surface area (Å²) in [5.41, 5.74) is 4.03. The van der Waals surface area contributed by atoms with E-state index in [9.17, 15) is 5.11 Å². The van der Waals surface area contributed by atoms with Gasteiger partial charge in [0.05, 0.1) is 25.0 Å². The molecule has 1 unspecified atom stereocenters. The van der Waals surface area contributed by atoms with Crippen molar-refractivity contribution in [3.63, 3.8) is 0 Å². The summed E-state index contributed by atoms with van der Waals surface area (Å²) < 4.78 is 12.0. The Hall–Kier alpha value is -1.48. The van der Waals surface area contributed by atoms with Crippen LogP contribution in [0.5, 0.6) is 5.75 Å². The van der Waals surface area contributed by atoms with Gasteiger partial charge < -0.3 is 14.3 Å². The standard InChI is InChI=1S/C22H34O3/c1-6-8-10-24-21-17(11-15(3)4)12-18-20(16(5)9-7-2)14-25-22(18)19(21)13-23/h12,14-16,23H,6-11,13H2,1-5H3. The van der Waals surface area contributed by atoms with Crippen molar-refractivity contribution in [3.05, 3.63) is 29.0 Å². The summed E-state index contributed by atoms with van der Waals surface area (Å²) in [6.07, 6.45) is 7.21. The van der Waals surface area contributed by atoms with Gasteiger partial charge in [-0.1, -0.05) is 47.5 Å². The molecule has 0 amide bonds. The molecule has 0 spiro atoms. The maximum Gasteiger partial charge on any atom is 0.143 e. The minimum Gasteiger partial charge on any atom is -0.493 e. The molecular formula is C22H34O3. The fourth-order valence-corrected chi connectivity index (χ4v) is 3.50. The van der Waals surface area contributed by atoms with E-state index >= 15 is 0 Å². The van der Waals surface area contributed by atoms with Crippen molar-refractivity contribution in [3.8, 4) is 5.75 Å². The van der Waals surface area contributed by atoms with Crippen LogP contribution < -0.4 is 4.74 Å². The number of aliphatic hydroxyl groups excluding tert-OH is 1. The second-order valence-electron chi connectivity index (χ2n) is 7.56. The second kappa shape index (κ2) is 9.28. The number of hydrogen-bond donors (Lipinski definition) is 1. The van der Waals surface area contributed by atoms with Gasteiger partial charge in [0, 0.05) is 10.9 Å². The summed E-state index contributed by atoms with van der Waals surface area (Å²) in [4.78, 5) is 0. The fourth-order valence-electron chi connectivity index (χ4n) is 3.50. The van der Waals surface area contributed by atoms with Crippen molar-refractivity contribution in [1.29, 1.82) is 0 Å². The van der Waals surface area contributed by atoms with Gasteiger partial charge in [-0.3, -0.25) is 0 Å². The molecule has 25 heavy (non-hydrogen) atoms. The third-order valence-electron chi connectivity index (χ3n) is 4.80. The molecule has 2 aromatic rings. The minimum atomic E-state index is -0.0565. The zero-order valence-corrected chi connectivity index (χ0v) is 16.5. The van der Waals surface area contributed by atoms with Gasteiger partial charge in [0.2, 0.25) is 0 Å². The molecule has 0 bridgehead atoms. The smallest absolute Gasteiger partial charge is 0.143 e. The van der Waals surface area contributed by atoms with Crippen molar-refractivity contribution in [2.24, 2.45) is 5.92 Å². The van der Waals surface area contributed by atoms with E-state index in [0.717, 1.165) is 54.4 Å². The van der Waals surface area contributed by atoms with Gasteiger partial charge in [-0.15, -0.1) is 0 Å². The van der Waals surface area contributed by atoms with Crippen LogP contribution in [-0.4, -0.2) is 11.7 Å². The quantitative estimate of drug-likeness (QED) is 0.520. The highest BCUT2D eigenvalue weighted by Gasteiger charge is 2.21. The van der Waals surface area contributed by atoms with Gasteiger partial charge in [0.1, 0.15) is 11.3 Å². The number of hydrogen-bond acceptors (Lipinski definition) is 3. The summed E-state index contributed by atoms with van der Waals surface area (Å²) in [7, 11) is 0. The molecule has 0 radical (unpaired) electrons. The van der Waals surface area contributed by atoms with E-state index in [1.165, 1.54) is 11.1 Å². The number of rotatable bonds is 10. The Bertz CT molecular complexity index is 669. The van der Waals surface area contributed by atoms with Crippen molar-refractivity contribution in [1.82, 2.24) is 0 Å². The number of furan rings is 1. The first kappa shape index (κ1) is 19.8. The third kappa shape index (κ3) is 4.58. The highest BCUT2D eigenvalue weighted by molar-refractivity contribution is 5.87. The maximum atomic E-state index is 10.0. The summed E-state index contributed by atoms with van der Waals surface area (Å²) in [6.45, 7) is 11.7.